The van der Waals surface area contributed by atoms with Gasteiger partial charge in [-0.05, 0) is 55.0 Å². The van der Waals surface area contributed by atoms with Gasteiger partial charge in [-0.15, -0.1) is 4.31 Å². The van der Waals surface area contributed by atoms with Crippen LogP contribution in [-0.2, 0) is 16.1 Å². The second kappa shape index (κ2) is 9.53. The van der Waals surface area contributed by atoms with Crippen molar-refractivity contribution >= 4 is 39.3 Å². The molecule has 0 amide bonds. The second-order valence-electron chi connectivity index (χ2n) is 7.45. The lowest BCUT2D eigenvalue weighted by atomic mass is 10.1. The molecule has 5 N–H and O–H groups in total. The summed E-state index contributed by atoms with van der Waals surface area (Å²) in [6.45, 7) is 1.38. The van der Waals surface area contributed by atoms with Gasteiger partial charge in [0.05, 0.1) is 29.6 Å². The van der Waals surface area contributed by atoms with Crippen molar-refractivity contribution in [1.29, 1.82) is 5.53 Å². The van der Waals surface area contributed by atoms with Crippen LogP contribution in [0.25, 0.3) is 16.6 Å². The highest BCUT2D eigenvalue weighted by atomic mass is 32.2. The van der Waals surface area contributed by atoms with Crippen LogP contribution in [-0.4, -0.2) is 40.1 Å². The fourth-order valence-corrected chi connectivity index (χ4v) is 4.83. The van der Waals surface area contributed by atoms with E-state index < -0.39 is 11.4 Å². The fourth-order valence-electron chi connectivity index (χ4n) is 3.59. The standard InChI is InChI=1S/C22H24N6O3S/c1-31-17-8-9-28(13-17)32(30)18-5-3-16(4-6-18)25-12-21(27-24)19-11-14-10-15(23)2-7-20(14)26-22(19)29/h2-7,10-12,17,24-25H,8-9,13,23H2,1H3,(H,26,29)/b21-12-,27-24?/t17-,32?/m0/s1. The zero-order chi connectivity index (χ0) is 22.7. The third-order valence-corrected chi connectivity index (χ3v) is 6.85. The molecule has 10 heteroatoms. The van der Waals surface area contributed by atoms with Crippen LogP contribution in [0.2, 0.25) is 0 Å². The first-order valence-corrected chi connectivity index (χ1v) is 11.2. The molecule has 1 saturated heterocycles. The van der Waals surface area contributed by atoms with Gasteiger partial charge in [0.15, 0.2) is 4.90 Å². The number of hydrogen-bond donors (Lipinski definition) is 4. The van der Waals surface area contributed by atoms with E-state index >= 15 is 0 Å². The molecule has 0 aliphatic carbocycles. The van der Waals surface area contributed by atoms with Crippen molar-refractivity contribution in [3.05, 3.63) is 70.6 Å². The largest absolute Gasteiger partial charge is 0.593 e. The Balaban J connectivity index is 1.50. The molecule has 2 heterocycles. The lowest BCUT2D eigenvalue weighted by Crippen LogP contribution is -2.30. The predicted molar refractivity (Wildman–Crippen MR) is 126 cm³/mol. The van der Waals surface area contributed by atoms with Crippen molar-refractivity contribution in [2.45, 2.75) is 17.4 Å². The molecule has 32 heavy (non-hydrogen) atoms. The quantitative estimate of drug-likeness (QED) is 0.246. The molecule has 1 fully saturated rings. The molecule has 0 saturated carbocycles. The number of anilines is 2. The molecule has 1 unspecified atom stereocenters. The Morgan fingerprint density at radius 3 is 2.81 bits per heavy atom. The van der Waals surface area contributed by atoms with E-state index in [0.717, 1.165) is 18.4 Å². The molecule has 0 radical (unpaired) electrons. The Labute approximate surface area is 188 Å². The Bertz CT molecular complexity index is 1210. The summed E-state index contributed by atoms with van der Waals surface area (Å²) in [7, 11) is 1.67. The second-order valence-corrected chi connectivity index (χ2v) is 8.94. The molecule has 4 rings (SSSR count). The highest BCUT2D eigenvalue weighted by Gasteiger charge is 2.31. The molecule has 0 spiro atoms. The van der Waals surface area contributed by atoms with E-state index in [2.05, 4.69) is 15.4 Å². The maximum Gasteiger partial charge on any atom is 0.258 e. The molecule has 0 bridgehead atoms. The summed E-state index contributed by atoms with van der Waals surface area (Å²) in [5, 5.41) is 7.30. The fraction of sp³-hybridized carbons (Fsp3) is 0.227. The van der Waals surface area contributed by atoms with Crippen LogP contribution >= 0.6 is 0 Å². The van der Waals surface area contributed by atoms with Crippen LogP contribution in [0.4, 0.5) is 11.4 Å². The van der Waals surface area contributed by atoms with E-state index in [1.54, 1.807) is 55.6 Å². The number of H-pyrrole nitrogens is 1. The minimum Gasteiger partial charge on any atom is -0.593 e. The normalized spacial score (nSPS) is 18.1. The van der Waals surface area contributed by atoms with Crippen molar-refractivity contribution < 1.29 is 9.29 Å². The van der Waals surface area contributed by atoms with Crippen molar-refractivity contribution in [3.63, 3.8) is 0 Å². The van der Waals surface area contributed by atoms with E-state index in [-0.39, 0.29) is 22.9 Å². The Kier molecular flexibility index (Phi) is 6.56. The predicted octanol–water partition coefficient (Wildman–Crippen LogP) is 3.30. The SMILES string of the molecule is CO[C@H]1CCN([S+]([O-])c2ccc(N/C=C(\N=N)c3cc4cc(N)ccc4[nH]c3=O)cc2)C1. The summed E-state index contributed by atoms with van der Waals surface area (Å²) >= 11 is -1.25. The van der Waals surface area contributed by atoms with E-state index in [9.17, 15) is 9.35 Å². The number of nitrogen functional groups attached to an aromatic ring is 1. The first-order chi connectivity index (χ1) is 15.5. The van der Waals surface area contributed by atoms with Crippen molar-refractivity contribution in [1.82, 2.24) is 9.29 Å². The van der Waals surface area contributed by atoms with Crippen LogP contribution in [0.5, 0.6) is 0 Å². The number of benzene rings is 2. The summed E-state index contributed by atoms with van der Waals surface area (Å²) in [6, 6.07) is 14.0. The number of nitrogens with one attached hydrogen (secondary N) is 3. The van der Waals surface area contributed by atoms with E-state index in [0.29, 0.717) is 28.3 Å². The smallest absolute Gasteiger partial charge is 0.258 e. The van der Waals surface area contributed by atoms with Gasteiger partial charge in [-0.25, -0.2) is 5.53 Å². The third kappa shape index (κ3) is 4.68. The van der Waals surface area contributed by atoms with Gasteiger partial charge in [-0.3, -0.25) is 4.79 Å². The van der Waals surface area contributed by atoms with Gasteiger partial charge in [-0.1, -0.05) is 0 Å². The average molecular weight is 453 g/mol. The van der Waals surface area contributed by atoms with Crippen molar-refractivity contribution in [2.24, 2.45) is 5.11 Å². The van der Waals surface area contributed by atoms with Gasteiger partial charge >= 0.3 is 0 Å². The molecule has 1 aliphatic heterocycles. The number of pyridine rings is 1. The molecule has 2 atom stereocenters. The Morgan fingerprint density at radius 1 is 1.34 bits per heavy atom. The van der Waals surface area contributed by atoms with Gasteiger partial charge in [-0.2, -0.15) is 5.11 Å². The zero-order valence-electron chi connectivity index (χ0n) is 17.5. The number of nitrogens with two attached hydrogens (primary N) is 1. The molecule has 9 nitrogen and oxygen atoms in total. The Morgan fingerprint density at radius 2 is 2.12 bits per heavy atom. The van der Waals surface area contributed by atoms with Gasteiger partial charge in [0, 0.05) is 42.1 Å². The molecule has 2 aromatic carbocycles. The van der Waals surface area contributed by atoms with Gasteiger partial charge < -0.3 is 25.3 Å². The first kappa shape index (κ1) is 22.0. The van der Waals surface area contributed by atoms with Crippen LogP contribution in [0, 0.1) is 5.53 Å². The number of aromatic nitrogens is 1. The van der Waals surface area contributed by atoms with Crippen LogP contribution in [0.15, 0.2) is 69.5 Å². The van der Waals surface area contributed by atoms with Gasteiger partial charge in [0.1, 0.15) is 5.70 Å². The van der Waals surface area contributed by atoms with Gasteiger partial charge in [0.2, 0.25) is 0 Å². The lowest BCUT2D eigenvalue weighted by Gasteiger charge is -2.19. The summed E-state index contributed by atoms with van der Waals surface area (Å²) < 4.78 is 20.0. The van der Waals surface area contributed by atoms with Crippen LogP contribution in [0.1, 0.15) is 12.0 Å². The minimum absolute atomic E-state index is 0.117. The van der Waals surface area contributed by atoms with E-state index in [4.69, 9.17) is 16.0 Å². The van der Waals surface area contributed by atoms with E-state index in [1.807, 2.05) is 4.31 Å². The van der Waals surface area contributed by atoms with Crippen LogP contribution in [0.3, 0.4) is 0 Å². The Hall–Kier alpha value is -3.18. The molecule has 166 valence electrons. The number of methoxy groups -OCH3 is 1. The summed E-state index contributed by atoms with van der Waals surface area (Å²) in [5.41, 5.74) is 15.4. The summed E-state index contributed by atoms with van der Waals surface area (Å²) in [4.78, 5) is 16.0. The monoisotopic (exact) mass is 452 g/mol. The zero-order valence-corrected chi connectivity index (χ0v) is 18.3. The number of rotatable bonds is 7. The van der Waals surface area contributed by atoms with E-state index in [1.165, 1.54) is 6.20 Å². The number of hydrogen-bond acceptors (Lipinski definition) is 8. The van der Waals surface area contributed by atoms with Crippen molar-refractivity contribution in [3.8, 4) is 0 Å². The number of aromatic amines is 1. The first-order valence-electron chi connectivity index (χ1n) is 10.1. The molecule has 3 aromatic rings. The molecular formula is C22H24N6O3S. The van der Waals surface area contributed by atoms with Gasteiger partial charge in [0.25, 0.3) is 5.56 Å². The number of nitrogens with zero attached hydrogens (tertiary/aromatic N) is 2. The summed E-state index contributed by atoms with van der Waals surface area (Å²) in [5.74, 6) is 0. The lowest BCUT2D eigenvalue weighted by molar-refractivity contribution is 0.115. The molecule has 1 aliphatic rings. The minimum atomic E-state index is -1.25. The molecular weight excluding hydrogens is 428 g/mol. The van der Waals surface area contributed by atoms with Crippen LogP contribution < -0.4 is 16.6 Å². The number of ether oxygens (including phenoxy) is 1. The highest BCUT2D eigenvalue weighted by Crippen LogP contribution is 2.24. The highest BCUT2D eigenvalue weighted by molar-refractivity contribution is 7.89. The molecule has 1 aromatic heterocycles. The average Bonchev–Trinajstić information content (AvgIpc) is 3.29. The number of fused-ring (bicyclic) bond motifs is 1. The topological polar surface area (TPSA) is 143 Å². The maximum absolute atomic E-state index is 12.7. The summed E-state index contributed by atoms with van der Waals surface area (Å²) in [6.07, 6.45) is 2.48. The third-order valence-electron chi connectivity index (χ3n) is 5.37. The van der Waals surface area contributed by atoms with Crippen molar-refractivity contribution in [2.75, 3.05) is 31.2 Å². The maximum atomic E-state index is 12.7.